The van der Waals surface area contributed by atoms with Crippen molar-refractivity contribution in [2.45, 2.75) is 19.5 Å². The van der Waals surface area contributed by atoms with Crippen LogP contribution in [-0.4, -0.2) is 29.5 Å². The Hall–Kier alpha value is -3.42. The molecular formula is C22H20F3N3O2. The maximum absolute atomic E-state index is 13.3. The quantitative estimate of drug-likeness (QED) is 0.431. The number of amides is 1. The molecule has 30 heavy (non-hydrogen) atoms. The molecule has 4 aromatic rings. The normalized spacial score (nSPS) is 11.9. The number of methoxy groups -OCH3 is 1. The number of aromatic amines is 2. The number of hydrogen-bond acceptors (Lipinski definition) is 2. The highest BCUT2D eigenvalue weighted by atomic mass is 19.4. The standard InChI is InChI=1S/C22H20F3N3O2/c1-12-13(14-5-3-6-16(20(14)27-12)22(23,24)25)9-10-26-21(29)18-11-15-17(28-18)7-4-8-19(15)30-2/h3-8,11,27-28H,9-10H2,1-2H3,(H,26,29). The molecule has 5 nitrogen and oxygen atoms in total. The Bertz CT molecular complexity index is 1240. The molecule has 0 aliphatic rings. The summed E-state index contributed by atoms with van der Waals surface area (Å²) >= 11 is 0. The third-order valence-electron chi connectivity index (χ3n) is 5.21. The molecule has 2 heterocycles. The Balaban J connectivity index is 1.51. The zero-order valence-electron chi connectivity index (χ0n) is 16.4. The third-order valence-corrected chi connectivity index (χ3v) is 5.21. The Morgan fingerprint density at radius 3 is 2.60 bits per heavy atom. The molecule has 8 heteroatoms. The zero-order valence-corrected chi connectivity index (χ0v) is 16.4. The topological polar surface area (TPSA) is 69.9 Å². The second-order valence-electron chi connectivity index (χ2n) is 7.06. The highest BCUT2D eigenvalue weighted by molar-refractivity contribution is 5.99. The number of aromatic nitrogens is 2. The molecular weight excluding hydrogens is 395 g/mol. The van der Waals surface area contributed by atoms with Gasteiger partial charge < -0.3 is 20.0 Å². The van der Waals surface area contributed by atoms with Crippen molar-refractivity contribution in [3.05, 3.63) is 65.0 Å². The molecule has 0 unspecified atom stereocenters. The fourth-order valence-electron chi connectivity index (χ4n) is 3.79. The summed E-state index contributed by atoms with van der Waals surface area (Å²) in [6.07, 6.45) is -4.03. The van der Waals surface area contributed by atoms with Crippen LogP contribution in [0.15, 0.2) is 42.5 Å². The van der Waals surface area contributed by atoms with Crippen molar-refractivity contribution in [1.82, 2.24) is 15.3 Å². The molecule has 0 spiro atoms. The molecule has 0 saturated heterocycles. The van der Waals surface area contributed by atoms with E-state index in [-0.39, 0.29) is 18.0 Å². The molecule has 0 aliphatic carbocycles. The van der Waals surface area contributed by atoms with Crippen molar-refractivity contribution >= 4 is 27.7 Å². The van der Waals surface area contributed by atoms with E-state index in [1.165, 1.54) is 6.07 Å². The first-order valence-corrected chi connectivity index (χ1v) is 9.41. The smallest absolute Gasteiger partial charge is 0.418 e. The van der Waals surface area contributed by atoms with Gasteiger partial charge in [-0.05, 0) is 43.2 Å². The molecule has 156 valence electrons. The van der Waals surface area contributed by atoms with Crippen molar-refractivity contribution in [1.29, 1.82) is 0 Å². The van der Waals surface area contributed by atoms with Crippen LogP contribution in [0.4, 0.5) is 13.2 Å². The minimum atomic E-state index is -4.43. The minimum Gasteiger partial charge on any atom is -0.496 e. The van der Waals surface area contributed by atoms with Crippen LogP contribution in [0, 0.1) is 6.92 Å². The molecule has 2 aromatic heterocycles. The minimum absolute atomic E-state index is 0.0755. The van der Waals surface area contributed by atoms with Gasteiger partial charge in [-0.1, -0.05) is 18.2 Å². The van der Waals surface area contributed by atoms with Crippen LogP contribution in [0.1, 0.15) is 27.3 Å². The fourth-order valence-corrected chi connectivity index (χ4v) is 3.79. The number of ether oxygens (including phenoxy) is 1. The largest absolute Gasteiger partial charge is 0.496 e. The number of para-hydroxylation sites is 1. The van der Waals surface area contributed by atoms with Crippen molar-refractivity contribution in [3.8, 4) is 5.75 Å². The molecule has 0 fully saturated rings. The number of carbonyl (C=O) groups is 1. The molecule has 0 aliphatic heterocycles. The van der Waals surface area contributed by atoms with Gasteiger partial charge in [0.15, 0.2) is 0 Å². The first kappa shape index (κ1) is 19.9. The third kappa shape index (κ3) is 3.49. The Morgan fingerprint density at radius 2 is 1.87 bits per heavy atom. The van der Waals surface area contributed by atoms with Gasteiger partial charge in [0.1, 0.15) is 11.4 Å². The van der Waals surface area contributed by atoms with Gasteiger partial charge >= 0.3 is 6.18 Å². The van der Waals surface area contributed by atoms with Gasteiger partial charge in [0.2, 0.25) is 0 Å². The Morgan fingerprint density at radius 1 is 1.10 bits per heavy atom. The van der Waals surface area contributed by atoms with Gasteiger partial charge in [-0.25, -0.2) is 0 Å². The molecule has 4 rings (SSSR count). The van der Waals surface area contributed by atoms with Crippen LogP contribution in [0.25, 0.3) is 21.8 Å². The number of hydrogen-bond donors (Lipinski definition) is 3. The maximum atomic E-state index is 13.3. The average molecular weight is 415 g/mol. The van der Waals surface area contributed by atoms with E-state index < -0.39 is 11.7 Å². The summed E-state index contributed by atoms with van der Waals surface area (Å²) in [7, 11) is 1.56. The summed E-state index contributed by atoms with van der Waals surface area (Å²) in [6.45, 7) is 2.02. The number of benzene rings is 2. The predicted octanol–water partition coefficient (Wildman–Crippen LogP) is 4.96. The van der Waals surface area contributed by atoms with Crippen LogP contribution in [0.3, 0.4) is 0 Å². The van der Waals surface area contributed by atoms with Gasteiger partial charge in [0, 0.05) is 28.5 Å². The molecule has 0 bridgehead atoms. The predicted molar refractivity (Wildman–Crippen MR) is 109 cm³/mol. The van der Waals surface area contributed by atoms with Gasteiger partial charge in [-0.15, -0.1) is 0 Å². The summed E-state index contributed by atoms with van der Waals surface area (Å²) in [4.78, 5) is 18.4. The van der Waals surface area contributed by atoms with Crippen LogP contribution < -0.4 is 10.1 Å². The summed E-state index contributed by atoms with van der Waals surface area (Å²) < 4.78 is 45.1. The van der Waals surface area contributed by atoms with E-state index in [0.717, 1.165) is 22.5 Å². The fraction of sp³-hybridized carbons (Fsp3) is 0.227. The monoisotopic (exact) mass is 415 g/mol. The first-order chi connectivity index (χ1) is 14.3. The summed E-state index contributed by atoms with van der Waals surface area (Å²) in [5, 5.41) is 4.15. The van der Waals surface area contributed by atoms with Crippen molar-refractivity contribution in [2.75, 3.05) is 13.7 Å². The van der Waals surface area contributed by atoms with Crippen molar-refractivity contribution < 1.29 is 22.7 Å². The lowest BCUT2D eigenvalue weighted by Crippen LogP contribution is -2.26. The lowest BCUT2D eigenvalue weighted by Gasteiger charge is -2.08. The highest BCUT2D eigenvalue weighted by Crippen LogP contribution is 2.36. The summed E-state index contributed by atoms with van der Waals surface area (Å²) in [6, 6.07) is 11.3. The summed E-state index contributed by atoms with van der Waals surface area (Å²) in [5.41, 5.74) is 1.98. The molecule has 2 aromatic carbocycles. The second kappa shape index (κ2) is 7.44. The van der Waals surface area contributed by atoms with E-state index >= 15 is 0 Å². The number of alkyl halides is 3. The van der Waals surface area contributed by atoms with Crippen molar-refractivity contribution in [3.63, 3.8) is 0 Å². The first-order valence-electron chi connectivity index (χ1n) is 9.41. The lowest BCUT2D eigenvalue weighted by atomic mass is 10.0. The second-order valence-corrected chi connectivity index (χ2v) is 7.06. The Labute approximate surface area is 170 Å². The van der Waals surface area contributed by atoms with Gasteiger partial charge in [-0.3, -0.25) is 4.79 Å². The molecule has 0 radical (unpaired) electrons. The maximum Gasteiger partial charge on any atom is 0.418 e. The van der Waals surface area contributed by atoms with Gasteiger partial charge in [0.05, 0.1) is 18.2 Å². The molecule has 0 atom stereocenters. The van der Waals surface area contributed by atoms with Crippen LogP contribution in [0.2, 0.25) is 0 Å². The average Bonchev–Trinajstić information content (AvgIpc) is 3.28. The van der Waals surface area contributed by atoms with Gasteiger partial charge in [0.25, 0.3) is 5.91 Å². The molecule has 1 amide bonds. The van der Waals surface area contributed by atoms with E-state index in [1.54, 1.807) is 26.2 Å². The number of fused-ring (bicyclic) bond motifs is 2. The number of aryl methyl sites for hydroxylation is 1. The molecule has 0 saturated carbocycles. The van der Waals surface area contributed by atoms with E-state index in [1.807, 2.05) is 18.2 Å². The van der Waals surface area contributed by atoms with Gasteiger partial charge in [-0.2, -0.15) is 13.2 Å². The van der Waals surface area contributed by atoms with E-state index in [9.17, 15) is 18.0 Å². The SMILES string of the molecule is COc1cccc2[nH]c(C(=O)NCCc3c(C)[nH]c4c(C(F)(F)F)cccc34)cc12. The van der Waals surface area contributed by atoms with E-state index in [0.29, 0.717) is 28.9 Å². The number of H-pyrrole nitrogens is 2. The van der Waals surface area contributed by atoms with E-state index in [4.69, 9.17) is 4.74 Å². The van der Waals surface area contributed by atoms with E-state index in [2.05, 4.69) is 15.3 Å². The molecule has 3 N–H and O–H groups in total. The van der Waals surface area contributed by atoms with Crippen LogP contribution in [-0.2, 0) is 12.6 Å². The number of halogens is 3. The van der Waals surface area contributed by atoms with Crippen LogP contribution in [0.5, 0.6) is 5.75 Å². The number of carbonyl (C=O) groups excluding carboxylic acids is 1. The zero-order chi connectivity index (χ0) is 21.5. The van der Waals surface area contributed by atoms with Crippen LogP contribution >= 0.6 is 0 Å². The lowest BCUT2D eigenvalue weighted by molar-refractivity contribution is -0.136. The summed E-state index contributed by atoms with van der Waals surface area (Å²) in [5.74, 6) is 0.374. The van der Waals surface area contributed by atoms with Crippen molar-refractivity contribution in [2.24, 2.45) is 0 Å². The Kier molecular flexibility index (Phi) is 4.93. The highest BCUT2D eigenvalue weighted by Gasteiger charge is 2.33. The number of nitrogens with one attached hydrogen (secondary N) is 3. The number of rotatable bonds is 5.